The van der Waals surface area contributed by atoms with E-state index in [4.69, 9.17) is 21.3 Å². The maximum atomic E-state index is 13.7. The summed E-state index contributed by atoms with van der Waals surface area (Å²) in [5.74, 6) is -0.199. The fourth-order valence-electron chi connectivity index (χ4n) is 4.82. The monoisotopic (exact) mass is 562 g/mol. The molecule has 8 nitrogen and oxygen atoms in total. The van der Waals surface area contributed by atoms with Crippen LogP contribution in [0.1, 0.15) is 35.2 Å². The van der Waals surface area contributed by atoms with E-state index in [9.17, 15) is 13.2 Å². The normalized spacial score (nSPS) is 17.5. The summed E-state index contributed by atoms with van der Waals surface area (Å²) in [6.07, 6.45) is 2.53. The molecule has 1 amide bonds. The third-order valence-corrected chi connectivity index (χ3v) is 10.0. The molecule has 0 bridgehead atoms. The average Bonchev–Trinajstić information content (AvgIpc) is 3.58. The van der Waals surface area contributed by atoms with E-state index in [0.29, 0.717) is 35.4 Å². The Morgan fingerprint density at radius 3 is 2.51 bits per heavy atom. The number of benzene rings is 2. The molecule has 198 valence electrons. The minimum atomic E-state index is -3.54. The first-order valence-corrected chi connectivity index (χ1v) is 15.3. The van der Waals surface area contributed by atoms with Crippen molar-refractivity contribution >= 4 is 54.2 Å². The molecule has 5 rings (SSSR count). The van der Waals surface area contributed by atoms with Gasteiger partial charge in [0.05, 0.1) is 28.3 Å². The molecule has 2 aliphatic rings. The van der Waals surface area contributed by atoms with E-state index in [1.54, 1.807) is 17.0 Å². The number of ether oxygens (including phenoxy) is 1. The maximum Gasteiger partial charge on any atom is 0.260 e. The third-order valence-electron chi connectivity index (χ3n) is 6.88. The summed E-state index contributed by atoms with van der Waals surface area (Å²) < 4.78 is 33.7. The van der Waals surface area contributed by atoms with Crippen molar-refractivity contribution in [2.45, 2.75) is 31.1 Å². The maximum absolute atomic E-state index is 13.7. The number of nitrogens with zero attached hydrogens (tertiary/aromatic N) is 4. The Morgan fingerprint density at radius 2 is 1.81 bits per heavy atom. The number of hydrogen-bond acceptors (Lipinski definition) is 7. The molecule has 0 spiro atoms. The Labute approximate surface area is 226 Å². The van der Waals surface area contributed by atoms with Crippen LogP contribution in [0, 0.1) is 6.92 Å². The number of halogens is 1. The molecular formula is C26H31ClN4O4S2. The molecule has 0 radical (unpaired) electrons. The van der Waals surface area contributed by atoms with Crippen LogP contribution in [0.5, 0.6) is 0 Å². The molecule has 3 aromatic rings. The topological polar surface area (TPSA) is 83.0 Å². The van der Waals surface area contributed by atoms with Crippen LogP contribution >= 0.6 is 22.9 Å². The second-order valence-electron chi connectivity index (χ2n) is 9.47. The predicted molar refractivity (Wildman–Crippen MR) is 147 cm³/mol. The van der Waals surface area contributed by atoms with Gasteiger partial charge in [-0.2, -0.15) is 4.31 Å². The van der Waals surface area contributed by atoms with Gasteiger partial charge in [0, 0.05) is 49.9 Å². The lowest BCUT2D eigenvalue weighted by Gasteiger charge is -2.27. The van der Waals surface area contributed by atoms with E-state index >= 15 is 0 Å². The number of thiazole rings is 1. The Kier molecular flexibility index (Phi) is 8.13. The Bertz CT molecular complexity index is 1370. The van der Waals surface area contributed by atoms with Crippen LogP contribution < -0.4 is 4.90 Å². The van der Waals surface area contributed by atoms with Crippen molar-refractivity contribution in [1.29, 1.82) is 0 Å². The molecule has 2 saturated heterocycles. The van der Waals surface area contributed by atoms with Crippen LogP contribution in [0.3, 0.4) is 0 Å². The first-order chi connectivity index (χ1) is 17.8. The van der Waals surface area contributed by atoms with Crippen LogP contribution in [-0.2, 0) is 14.8 Å². The molecule has 2 aromatic carbocycles. The zero-order chi connectivity index (χ0) is 26.0. The second-order valence-corrected chi connectivity index (χ2v) is 12.8. The molecule has 2 fully saturated rings. The van der Waals surface area contributed by atoms with Gasteiger partial charge in [-0.3, -0.25) is 14.6 Å². The lowest BCUT2D eigenvalue weighted by atomic mass is 10.2. The summed E-state index contributed by atoms with van der Waals surface area (Å²) in [5.41, 5.74) is 2.23. The van der Waals surface area contributed by atoms with Crippen LogP contribution in [0.25, 0.3) is 10.2 Å². The number of carbonyl (C=O) groups is 1. The summed E-state index contributed by atoms with van der Waals surface area (Å²) in [6, 6.07) is 10.0. The number of sulfonamides is 1. The highest BCUT2D eigenvalue weighted by Gasteiger charge is 2.28. The molecule has 37 heavy (non-hydrogen) atoms. The van der Waals surface area contributed by atoms with E-state index in [1.807, 2.05) is 19.1 Å². The van der Waals surface area contributed by atoms with Gasteiger partial charge in [-0.25, -0.2) is 13.4 Å². The number of aromatic nitrogens is 1. The number of anilines is 1. The van der Waals surface area contributed by atoms with Gasteiger partial charge in [0.15, 0.2) is 5.13 Å². The van der Waals surface area contributed by atoms with Gasteiger partial charge in [0.25, 0.3) is 5.91 Å². The molecule has 1 aromatic heterocycles. The van der Waals surface area contributed by atoms with Gasteiger partial charge >= 0.3 is 0 Å². The SMILES string of the molecule is Cc1cc(Cl)cc2sc(N(CCCN3CCOCC3)C(=O)c3ccc(S(=O)(=O)N4CCCC4)cc3)nc12. The smallest absolute Gasteiger partial charge is 0.260 e. The quantitative estimate of drug-likeness (QED) is 0.404. The molecular weight excluding hydrogens is 532 g/mol. The third kappa shape index (κ3) is 5.84. The lowest BCUT2D eigenvalue weighted by molar-refractivity contribution is 0.0376. The van der Waals surface area contributed by atoms with E-state index in [-0.39, 0.29) is 10.8 Å². The van der Waals surface area contributed by atoms with Crippen molar-refractivity contribution < 1.29 is 17.9 Å². The number of carbonyl (C=O) groups excluding carboxylic acids is 1. The fourth-order valence-corrected chi connectivity index (χ4v) is 7.78. The van der Waals surface area contributed by atoms with Gasteiger partial charge in [-0.15, -0.1) is 0 Å². The highest BCUT2D eigenvalue weighted by Crippen LogP contribution is 2.34. The van der Waals surface area contributed by atoms with Gasteiger partial charge in [-0.05, 0) is 68.1 Å². The highest BCUT2D eigenvalue weighted by atomic mass is 35.5. The fraction of sp³-hybridized carbons (Fsp3) is 0.462. The van der Waals surface area contributed by atoms with Gasteiger partial charge < -0.3 is 4.74 Å². The molecule has 0 aliphatic carbocycles. The summed E-state index contributed by atoms with van der Waals surface area (Å²) in [4.78, 5) is 22.8. The van der Waals surface area contributed by atoms with Crippen LogP contribution in [0.15, 0.2) is 41.3 Å². The van der Waals surface area contributed by atoms with Crippen LogP contribution in [0.2, 0.25) is 5.02 Å². The van der Waals surface area contributed by atoms with Gasteiger partial charge in [0.2, 0.25) is 10.0 Å². The van der Waals surface area contributed by atoms with Crippen LogP contribution in [0.4, 0.5) is 5.13 Å². The lowest BCUT2D eigenvalue weighted by Crippen LogP contribution is -2.39. The molecule has 0 atom stereocenters. The largest absolute Gasteiger partial charge is 0.379 e. The van der Waals surface area contributed by atoms with Crippen molar-refractivity contribution in [3.05, 3.63) is 52.5 Å². The Morgan fingerprint density at radius 1 is 1.11 bits per heavy atom. The molecule has 0 saturated carbocycles. The molecule has 0 N–H and O–H groups in total. The summed E-state index contributed by atoms with van der Waals surface area (Å²) in [7, 11) is -3.54. The van der Waals surface area contributed by atoms with Crippen LogP contribution in [-0.4, -0.2) is 81.0 Å². The first kappa shape index (κ1) is 26.5. The van der Waals surface area contributed by atoms with Gasteiger partial charge in [0.1, 0.15) is 0 Å². The van der Waals surface area contributed by atoms with Crippen molar-refractivity contribution in [3.63, 3.8) is 0 Å². The number of rotatable bonds is 8. The summed E-state index contributed by atoms with van der Waals surface area (Å²) in [5, 5.41) is 1.25. The van der Waals surface area contributed by atoms with Crippen molar-refractivity contribution in [2.75, 3.05) is 57.4 Å². The van der Waals surface area contributed by atoms with Gasteiger partial charge in [-0.1, -0.05) is 22.9 Å². The number of amides is 1. The van der Waals surface area contributed by atoms with E-state index in [0.717, 1.165) is 67.9 Å². The highest BCUT2D eigenvalue weighted by molar-refractivity contribution is 7.89. The van der Waals surface area contributed by atoms with E-state index in [1.165, 1.54) is 27.8 Å². The summed E-state index contributed by atoms with van der Waals surface area (Å²) >= 11 is 7.71. The van der Waals surface area contributed by atoms with E-state index in [2.05, 4.69) is 4.90 Å². The van der Waals surface area contributed by atoms with Crippen molar-refractivity contribution in [1.82, 2.24) is 14.2 Å². The Hall–Kier alpha value is -2.08. The molecule has 2 aliphatic heterocycles. The molecule has 11 heteroatoms. The number of morpholine rings is 1. The first-order valence-electron chi connectivity index (χ1n) is 12.6. The zero-order valence-corrected chi connectivity index (χ0v) is 23.2. The second kappa shape index (κ2) is 11.3. The molecule has 3 heterocycles. The standard InChI is InChI=1S/C26H31ClN4O4S2/c1-19-17-21(27)18-23-24(19)28-26(36-23)31(12-4-9-29-13-15-35-16-14-29)25(32)20-5-7-22(8-6-20)37(33,34)30-10-2-3-11-30/h5-8,17-18H,2-4,9-16H2,1H3. The minimum absolute atomic E-state index is 0.199. The number of hydrogen-bond donors (Lipinski definition) is 0. The summed E-state index contributed by atoms with van der Waals surface area (Å²) in [6.45, 7) is 7.64. The van der Waals surface area contributed by atoms with E-state index < -0.39 is 10.0 Å². The van der Waals surface area contributed by atoms with Crippen molar-refractivity contribution in [3.8, 4) is 0 Å². The number of aryl methyl sites for hydroxylation is 1. The average molecular weight is 563 g/mol. The zero-order valence-electron chi connectivity index (χ0n) is 20.9. The number of fused-ring (bicyclic) bond motifs is 1. The minimum Gasteiger partial charge on any atom is -0.379 e. The predicted octanol–water partition coefficient (Wildman–Crippen LogP) is 4.41. The van der Waals surface area contributed by atoms with Crippen molar-refractivity contribution in [2.24, 2.45) is 0 Å². The molecule has 0 unspecified atom stereocenters. The Balaban J connectivity index is 1.40.